The standard InChI is InChI=1S/C33H39N3O8S/c1-33(2)36(32(37)38)27(17-22-10-12-25(13-11-22)41-20-24-9-5-6-16-34-24)30(44-33)19-35-31(23-7-3-4-8-23)45(39,40)26-14-15-28-29(18-26)43-21-42-28/h5-6,9-16,18,23,27,30-31,35H,3-4,7-8,17,19-21H2,1-2H3,(H,37,38)/t27-,30+,31?/m0/s1. The molecule has 2 aliphatic heterocycles. The van der Waals surface area contributed by atoms with Gasteiger partial charge in [-0.3, -0.25) is 15.2 Å². The van der Waals surface area contributed by atoms with Crippen molar-refractivity contribution < 1.29 is 37.3 Å². The zero-order valence-corrected chi connectivity index (χ0v) is 26.2. The molecule has 1 aliphatic carbocycles. The molecule has 3 aromatic rings. The fraction of sp³-hybridized carbons (Fsp3) is 0.455. The predicted octanol–water partition coefficient (Wildman–Crippen LogP) is 5.00. The van der Waals surface area contributed by atoms with Crippen LogP contribution in [0.1, 0.15) is 50.8 Å². The van der Waals surface area contributed by atoms with Crippen LogP contribution < -0.4 is 19.5 Å². The summed E-state index contributed by atoms with van der Waals surface area (Å²) < 4.78 is 51.1. The summed E-state index contributed by atoms with van der Waals surface area (Å²) in [6.45, 7) is 4.00. The molecular weight excluding hydrogens is 598 g/mol. The molecule has 12 heteroatoms. The van der Waals surface area contributed by atoms with E-state index in [1.165, 1.54) is 11.0 Å². The van der Waals surface area contributed by atoms with Crippen LogP contribution in [0, 0.1) is 5.92 Å². The highest BCUT2D eigenvalue weighted by Gasteiger charge is 2.50. The molecule has 240 valence electrons. The van der Waals surface area contributed by atoms with Gasteiger partial charge in [0.2, 0.25) is 6.79 Å². The van der Waals surface area contributed by atoms with Crippen molar-refractivity contribution >= 4 is 15.9 Å². The van der Waals surface area contributed by atoms with E-state index in [4.69, 9.17) is 18.9 Å². The van der Waals surface area contributed by atoms with E-state index in [0.717, 1.165) is 36.9 Å². The number of fused-ring (bicyclic) bond motifs is 1. The highest BCUT2D eigenvalue weighted by atomic mass is 32.2. The number of benzene rings is 2. The number of rotatable bonds is 11. The second-order valence-corrected chi connectivity index (χ2v) is 14.3. The summed E-state index contributed by atoms with van der Waals surface area (Å²) in [5.41, 5.74) is 0.618. The number of ether oxygens (including phenoxy) is 4. The molecule has 3 heterocycles. The molecule has 2 N–H and O–H groups in total. The number of amides is 1. The minimum atomic E-state index is -3.81. The van der Waals surface area contributed by atoms with Gasteiger partial charge in [-0.15, -0.1) is 0 Å². The van der Waals surface area contributed by atoms with Crippen LogP contribution in [-0.2, 0) is 27.6 Å². The quantitative estimate of drug-likeness (QED) is 0.296. The number of sulfone groups is 1. The molecule has 2 fully saturated rings. The first-order chi connectivity index (χ1) is 21.6. The lowest BCUT2D eigenvalue weighted by Crippen LogP contribution is -2.50. The maximum absolute atomic E-state index is 14.1. The van der Waals surface area contributed by atoms with Crippen LogP contribution >= 0.6 is 0 Å². The number of nitrogens with zero attached hydrogens (tertiary/aromatic N) is 2. The van der Waals surface area contributed by atoms with E-state index >= 15 is 0 Å². The molecule has 11 nitrogen and oxygen atoms in total. The van der Waals surface area contributed by atoms with Crippen molar-refractivity contribution in [3.05, 3.63) is 78.1 Å². The SMILES string of the molecule is CC1(C)O[C@H](CNC(C2CCCC2)S(=O)(=O)c2ccc3c(c2)OCO3)[C@H](Cc2ccc(OCc3ccccn3)cc2)N1C(=O)O. The van der Waals surface area contributed by atoms with Crippen LogP contribution in [0.2, 0.25) is 0 Å². The first kappa shape index (κ1) is 31.1. The van der Waals surface area contributed by atoms with Gasteiger partial charge in [0.15, 0.2) is 21.3 Å². The van der Waals surface area contributed by atoms with Crippen LogP contribution in [-0.4, -0.2) is 66.1 Å². The van der Waals surface area contributed by atoms with Crippen LogP contribution in [0.25, 0.3) is 0 Å². The number of nitrogens with one attached hydrogen (secondary N) is 1. The number of carboxylic acid groups (broad SMARTS) is 1. The van der Waals surface area contributed by atoms with Crippen LogP contribution in [0.3, 0.4) is 0 Å². The summed E-state index contributed by atoms with van der Waals surface area (Å²) in [6, 6.07) is 17.3. The molecule has 3 atom stereocenters. The highest BCUT2D eigenvalue weighted by molar-refractivity contribution is 7.92. The van der Waals surface area contributed by atoms with Crippen molar-refractivity contribution in [1.29, 1.82) is 0 Å². The van der Waals surface area contributed by atoms with E-state index in [9.17, 15) is 18.3 Å². The zero-order chi connectivity index (χ0) is 31.6. The molecule has 6 rings (SSSR count). The molecule has 1 unspecified atom stereocenters. The average molecular weight is 638 g/mol. The van der Waals surface area contributed by atoms with Crippen molar-refractivity contribution in [2.45, 2.75) is 80.7 Å². The summed E-state index contributed by atoms with van der Waals surface area (Å²) >= 11 is 0. The van der Waals surface area contributed by atoms with Gasteiger partial charge in [-0.25, -0.2) is 13.2 Å². The third kappa shape index (κ3) is 6.73. The van der Waals surface area contributed by atoms with Crippen LogP contribution in [0.5, 0.6) is 17.2 Å². The first-order valence-electron chi connectivity index (χ1n) is 15.3. The van der Waals surface area contributed by atoms with E-state index < -0.39 is 39.2 Å². The summed E-state index contributed by atoms with van der Waals surface area (Å²) in [4.78, 5) is 18.3. The zero-order valence-electron chi connectivity index (χ0n) is 25.4. The van der Waals surface area contributed by atoms with Gasteiger partial charge in [-0.05, 0) is 81.0 Å². The Hall–Kier alpha value is -3.87. The molecule has 1 amide bonds. The average Bonchev–Trinajstić information content (AvgIpc) is 3.77. The molecule has 2 aromatic carbocycles. The molecule has 45 heavy (non-hydrogen) atoms. The van der Waals surface area contributed by atoms with Crippen molar-refractivity contribution in [3.63, 3.8) is 0 Å². The molecular formula is C33H39N3O8S. The van der Waals surface area contributed by atoms with Crippen LogP contribution in [0.15, 0.2) is 71.8 Å². The van der Waals surface area contributed by atoms with Gasteiger partial charge in [0.1, 0.15) is 23.5 Å². The Bertz CT molecular complexity index is 1590. The van der Waals surface area contributed by atoms with E-state index in [1.807, 2.05) is 42.5 Å². The lowest BCUT2D eigenvalue weighted by molar-refractivity contribution is -0.0658. The smallest absolute Gasteiger partial charge is 0.409 e. The largest absolute Gasteiger partial charge is 0.487 e. The number of hydrogen-bond donors (Lipinski definition) is 2. The van der Waals surface area contributed by atoms with Gasteiger partial charge in [-0.1, -0.05) is 31.0 Å². The second kappa shape index (κ2) is 12.9. The molecule has 1 saturated carbocycles. The highest BCUT2D eigenvalue weighted by Crippen LogP contribution is 2.39. The van der Waals surface area contributed by atoms with Crippen molar-refractivity contribution in [1.82, 2.24) is 15.2 Å². The number of hydrogen-bond acceptors (Lipinski definition) is 9. The summed E-state index contributed by atoms with van der Waals surface area (Å²) in [6.07, 6.45) is 3.92. The second-order valence-electron chi connectivity index (χ2n) is 12.2. The maximum atomic E-state index is 14.1. The van der Waals surface area contributed by atoms with Crippen molar-refractivity contribution in [3.8, 4) is 17.2 Å². The van der Waals surface area contributed by atoms with Gasteiger partial charge < -0.3 is 24.1 Å². The number of pyridine rings is 1. The fourth-order valence-electron chi connectivity index (χ4n) is 6.67. The molecule has 0 bridgehead atoms. The van der Waals surface area contributed by atoms with Gasteiger partial charge in [0.05, 0.1) is 22.7 Å². The van der Waals surface area contributed by atoms with Gasteiger partial charge in [-0.2, -0.15) is 0 Å². The monoisotopic (exact) mass is 637 g/mol. The van der Waals surface area contributed by atoms with Crippen molar-refractivity contribution in [2.24, 2.45) is 5.92 Å². The minimum absolute atomic E-state index is 0.0559. The molecule has 1 saturated heterocycles. The Morgan fingerprint density at radius 3 is 2.56 bits per heavy atom. The number of carbonyl (C=O) groups is 1. The lowest BCUT2D eigenvalue weighted by atomic mass is 9.99. The fourth-order valence-corrected chi connectivity index (χ4v) is 8.59. The first-order valence-corrected chi connectivity index (χ1v) is 16.8. The third-order valence-electron chi connectivity index (χ3n) is 8.82. The summed E-state index contributed by atoms with van der Waals surface area (Å²) in [5, 5.41) is 12.7. The Labute approximate surface area is 263 Å². The normalized spacial score (nSPS) is 21.6. The lowest BCUT2D eigenvalue weighted by Gasteiger charge is -2.31. The number of aromatic nitrogens is 1. The summed E-state index contributed by atoms with van der Waals surface area (Å²) in [7, 11) is -3.81. The van der Waals surface area contributed by atoms with E-state index in [2.05, 4.69) is 10.3 Å². The van der Waals surface area contributed by atoms with E-state index in [-0.39, 0.29) is 24.2 Å². The molecule has 3 aliphatic rings. The predicted molar refractivity (Wildman–Crippen MR) is 165 cm³/mol. The maximum Gasteiger partial charge on any atom is 0.409 e. The minimum Gasteiger partial charge on any atom is -0.487 e. The van der Waals surface area contributed by atoms with Crippen LogP contribution in [0.4, 0.5) is 4.79 Å². The van der Waals surface area contributed by atoms with E-state index in [1.54, 1.807) is 32.2 Å². The molecule has 0 radical (unpaired) electrons. The topological polar surface area (TPSA) is 137 Å². The Kier molecular flexibility index (Phi) is 8.89. The van der Waals surface area contributed by atoms with Gasteiger partial charge >= 0.3 is 6.09 Å². The molecule has 0 spiro atoms. The molecule has 1 aromatic heterocycles. The summed E-state index contributed by atoms with van der Waals surface area (Å²) in [5.74, 6) is 1.52. The van der Waals surface area contributed by atoms with Gasteiger partial charge in [0.25, 0.3) is 0 Å². The van der Waals surface area contributed by atoms with E-state index in [0.29, 0.717) is 30.3 Å². The third-order valence-corrected chi connectivity index (χ3v) is 11.0. The van der Waals surface area contributed by atoms with Gasteiger partial charge in [0, 0.05) is 18.8 Å². The Morgan fingerprint density at radius 2 is 1.84 bits per heavy atom. The Morgan fingerprint density at radius 1 is 1.09 bits per heavy atom. The van der Waals surface area contributed by atoms with Crippen molar-refractivity contribution in [2.75, 3.05) is 13.3 Å². The Balaban J connectivity index is 1.19.